The number of benzene rings is 2. The summed E-state index contributed by atoms with van der Waals surface area (Å²) in [5.41, 5.74) is 0.976. The Labute approximate surface area is 136 Å². The molecule has 0 aliphatic carbocycles. The third-order valence-electron chi connectivity index (χ3n) is 3.05. The molecule has 0 unspecified atom stereocenters. The van der Waals surface area contributed by atoms with E-state index in [9.17, 15) is 4.79 Å². The first kappa shape index (κ1) is 15.1. The van der Waals surface area contributed by atoms with Crippen molar-refractivity contribution in [2.45, 2.75) is 0 Å². The van der Waals surface area contributed by atoms with Crippen molar-refractivity contribution in [1.82, 2.24) is 10.2 Å². The maximum atomic E-state index is 12.3. The molecule has 0 amide bonds. The number of aromatic nitrogens is 2. The van der Waals surface area contributed by atoms with Gasteiger partial charge in [0.1, 0.15) is 17.1 Å². The van der Waals surface area contributed by atoms with E-state index < -0.39 is 5.97 Å². The van der Waals surface area contributed by atoms with E-state index in [2.05, 4.69) is 10.2 Å². The summed E-state index contributed by atoms with van der Waals surface area (Å²) < 4.78 is 15.6. The van der Waals surface area contributed by atoms with Gasteiger partial charge in [-0.25, -0.2) is 4.79 Å². The Kier molecular flexibility index (Phi) is 4.25. The Bertz CT molecular complexity index is 817. The molecular formula is C16H11ClN2O4. The molecule has 0 radical (unpaired) electrons. The van der Waals surface area contributed by atoms with Gasteiger partial charge in [-0.1, -0.05) is 11.6 Å². The molecule has 0 saturated carbocycles. The quantitative estimate of drug-likeness (QED) is 0.537. The fourth-order valence-corrected chi connectivity index (χ4v) is 2.14. The molecule has 1 heterocycles. The van der Waals surface area contributed by atoms with E-state index in [1.54, 1.807) is 36.4 Å². The van der Waals surface area contributed by atoms with Crippen LogP contribution in [0.25, 0.3) is 11.5 Å². The van der Waals surface area contributed by atoms with E-state index >= 15 is 0 Å². The molecule has 3 rings (SSSR count). The largest absolute Gasteiger partial charge is 0.496 e. The molecule has 0 bridgehead atoms. The Morgan fingerprint density at radius 1 is 1.17 bits per heavy atom. The molecule has 0 spiro atoms. The molecule has 116 valence electrons. The highest BCUT2D eigenvalue weighted by Gasteiger charge is 2.15. The van der Waals surface area contributed by atoms with Crippen molar-refractivity contribution in [3.63, 3.8) is 0 Å². The van der Waals surface area contributed by atoms with Crippen LogP contribution in [0, 0.1) is 0 Å². The van der Waals surface area contributed by atoms with Gasteiger partial charge in [0.25, 0.3) is 0 Å². The van der Waals surface area contributed by atoms with Crippen molar-refractivity contribution >= 4 is 17.6 Å². The molecule has 23 heavy (non-hydrogen) atoms. The molecule has 0 saturated heterocycles. The van der Waals surface area contributed by atoms with Crippen LogP contribution in [0.1, 0.15) is 10.4 Å². The number of hydrogen-bond acceptors (Lipinski definition) is 6. The van der Waals surface area contributed by atoms with Gasteiger partial charge in [-0.3, -0.25) is 0 Å². The van der Waals surface area contributed by atoms with Gasteiger partial charge in [-0.15, -0.1) is 10.2 Å². The van der Waals surface area contributed by atoms with E-state index in [4.69, 9.17) is 25.5 Å². The predicted molar refractivity (Wildman–Crippen MR) is 82.7 cm³/mol. The molecule has 0 N–H and O–H groups in total. The van der Waals surface area contributed by atoms with Crippen molar-refractivity contribution in [3.8, 4) is 23.0 Å². The smallest absolute Gasteiger partial charge is 0.347 e. The highest BCUT2D eigenvalue weighted by molar-refractivity contribution is 6.31. The molecule has 0 fully saturated rings. The fraction of sp³-hybridized carbons (Fsp3) is 0.0625. The van der Waals surface area contributed by atoms with Gasteiger partial charge in [0, 0.05) is 10.6 Å². The summed E-state index contributed by atoms with van der Waals surface area (Å²) in [4.78, 5) is 12.3. The molecule has 0 aliphatic heterocycles. The van der Waals surface area contributed by atoms with Crippen molar-refractivity contribution in [1.29, 1.82) is 0 Å². The minimum absolute atomic E-state index is 0.251. The number of halogens is 1. The predicted octanol–water partition coefficient (Wildman–Crippen LogP) is 3.62. The minimum atomic E-state index is -0.560. The third-order valence-corrected chi connectivity index (χ3v) is 3.29. The highest BCUT2D eigenvalue weighted by Crippen LogP contribution is 2.25. The maximum absolute atomic E-state index is 12.3. The van der Waals surface area contributed by atoms with Crippen LogP contribution in [-0.4, -0.2) is 23.3 Å². The second-order valence-electron chi connectivity index (χ2n) is 4.50. The van der Waals surface area contributed by atoms with Crippen molar-refractivity contribution in [2.75, 3.05) is 7.11 Å². The number of carbonyl (C=O) groups is 1. The third kappa shape index (κ3) is 3.32. The molecule has 0 aliphatic rings. The van der Waals surface area contributed by atoms with Crippen LogP contribution < -0.4 is 9.47 Å². The molecular weight excluding hydrogens is 320 g/mol. The van der Waals surface area contributed by atoms with E-state index in [-0.39, 0.29) is 5.56 Å². The Morgan fingerprint density at radius 2 is 1.96 bits per heavy atom. The van der Waals surface area contributed by atoms with E-state index in [1.807, 2.05) is 0 Å². The normalized spacial score (nSPS) is 10.3. The lowest BCUT2D eigenvalue weighted by Gasteiger charge is -2.09. The first-order valence-corrected chi connectivity index (χ1v) is 6.97. The van der Waals surface area contributed by atoms with Crippen LogP contribution in [0.2, 0.25) is 5.02 Å². The van der Waals surface area contributed by atoms with Gasteiger partial charge in [0.15, 0.2) is 0 Å². The van der Waals surface area contributed by atoms with Crippen LogP contribution in [0.5, 0.6) is 11.5 Å². The van der Waals surface area contributed by atoms with Gasteiger partial charge >= 0.3 is 5.97 Å². The summed E-state index contributed by atoms with van der Waals surface area (Å²) >= 11 is 5.91. The van der Waals surface area contributed by atoms with Gasteiger partial charge in [0.05, 0.1) is 7.11 Å². The van der Waals surface area contributed by atoms with Crippen LogP contribution in [0.3, 0.4) is 0 Å². The van der Waals surface area contributed by atoms with E-state index in [1.165, 1.54) is 19.6 Å². The Hall–Kier alpha value is -2.86. The number of methoxy groups -OCH3 is 1. The molecule has 0 atom stereocenters. The molecule has 3 aromatic rings. The van der Waals surface area contributed by atoms with Crippen LogP contribution in [-0.2, 0) is 0 Å². The summed E-state index contributed by atoms with van der Waals surface area (Å²) in [7, 11) is 1.47. The second-order valence-corrected chi connectivity index (χ2v) is 4.94. The SMILES string of the molecule is COc1ccc(Cl)cc1C(=O)Oc1ccc(-c2nnco2)cc1. The van der Waals surface area contributed by atoms with Gasteiger partial charge in [-0.05, 0) is 42.5 Å². The van der Waals surface area contributed by atoms with E-state index in [0.717, 1.165) is 5.56 Å². The Morgan fingerprint density at radius 3 is 2.61 bits per heavy atom. The molecule has 6 nitrogen and oxygen atoms in total. The van der Waals surface area contributed by atoms with Gasteiger partial charge in [-0.2, -0.15) is 0 Å². The first-order chi connectivity index (χ1) is 11.2. The minimum Gasteiger partial charge on any atom is -0.496 e. The number of rotatable bonds is 4. The highest BCUT2D eigenvalue weighted by atomic mass is 35.5. The van der Waals surface area contributed by atoms with Crippen LogP contribution >= 0.6 is 11.6 Å². The van der Waals surface area contributed by atoms with Crippen molar-refractivity contribution in [2.24, 2.45) is 0 Å². The first-order valence-electron chi connectivity index (χ1n) is 6.59. The Balaban J connectivity index is 1.79. The monoisotopic (exact) mass is 330 g/mol. The molecule has 1 aromatic heterocycles. The topological polar surface area (TPSA) is 74.5 Å². The lowest BCUT2D eigenvalue weighted by Crippen LogP contribution is -2.10. The van der Waals surface area contributed by atoms with Crippen molar-refractivity contribution < 1.29 is 18.7 Å². The number of esters is 1. The van der Waals surface area contributed by atoms with E-state index in [0.29, 0.717) is 22.4 Å². The number of ether oxygens (including phenoxy) is 2. The zero-order chi connectivity index (χ0) is 16.2. The zero-order valence-corrected chi connectivity index (χ0v) is 12.8. The standard InChI is InChI=1S/C16H11ClN2O4/c1-21-14-7-4-11(17)8-13(14)16(20)23-12-5-2-10(3-6-12)15-19-18-9-22-15/h2-9H,1H3. The average molecular weight is 331 g/mol. The average Bonchev–Trinajstić information content (AvgIpc) is 3.10. The van der Waals surface area contributed by atoms with Crippen LogP contribution in [0.4, 0.5) is 0 Å². The molecule has 2 aromatic carbocycles. The summed E-state index contributed by atoms with van der Waals surface area (Å²) in [6.45, 7) is 0. The lowest BCUT2D eigenvalue weighted by molar-refractivity contribution is 0.0731. The zero-order valence-electron chi connectivity index (χ0n) is 12.0. The summed E-state index contributed by atoms with van der Waals surface area (Å²) in [5.74, 6) is 0.594. The summed E-state index contributed by atoms with van der Waals surface area (Å²) in [6, 6.07) is 11.4. The summed E-state index contributed by atoms with van der Waals surface area (Å²) in [6.07, 6.45) is 1.24. The summed E-state index contributed by atoms with van der Waals surface area (Å²) in [5, 5.41) is 7.83. The number of carbonyl (C=O) groups excluding carboxylic acids is 1. The number of nitrogens with zero attached hydrogens (tertiary/aromatic N) is 2. The fourth-order valence-electron chi connectivity index (χ4n) is 1.97. The lowest BCUT2D eigenvalue weighted by atomic mass is 10.2. The van der Waals surface area contributed by atoms with Gasteiger partial charge in [0.2, 0.25) is 12.3 Å². The van der Waals surface area contributed by atoms with Crippen molar-refractivity contribution in [3.05, 3.63) is 59.4 Å². The number of hydrogen-bond donors (Lipinski definition) is 0. The van der Waals surface area contributed by atoms with Crippen LogP contribution in [0.15, 0.2) is 53.3 Å². The van der Waals surface area contributed by atoms with Gasteiger partial charge < -0.3 is 13.9 Å². The molecule has 7 heteroatoms. The second kappa shape index (κ2) is 6.50. The maximum Gasteiger partial charge on any atom is 0.347 e.